The number of hydrogen-bond acceptors (Lipinski definition) is 5. The predicted octanol–water partition coefficient (Wildman–Crippen LogP) is 0.571. The summed E-state index contributed by atoms with van der Waals surface area (Å²) in [5.74, 6) is 0.00482. The highest BCUT2D eigenvalue weighted by atomic mass is 32.2. The normalized spacial score (nSPS) is 21.8. The van der Waals surface area contributed by atoms with Crippen molar-refractivity contribution >= 4 is 15.9 Å². The summed E-state index contributed by atoms with van der Waals surface area (Å²) in [6.07, 6.45) is 2.59. The first-order valence-corrected chi connectivity index (χ1v) is 9.66. The van der Waals surface area contributed by atoms with Crippen molar-refractivity contribution in [1.29, 1.82) is 0 Å². The van der Waals surface area contributed by atoms with Gasteiger partial charge in [-0.1, -0.05) is 0 Å². The fraction of sp³-hybridized carbons (Fsp3) is 0.562. The molecule has 0 spiro atoms. The smallest absolute Gasteiger partial charge is 0.251 e. The predicted molar refractivity (Wildman–Crippen MR) is 89.7 cm³/mol. The standard InChI is InChI=1S/C16H23N3O4S/c1-23-14-5-4-12(16(20)18-13-6-7-17-11-13)10-15(14)24(21,22)19-8-2-3-9-19/h4-5,10,13,17H,2-3,6-9,11H2,1H3,(H,18,20). The third kappa shape index (κ3) is 3.40. The molecule has 1 unspecified atom stereocenters. The molecule has 2 fully saturated rings. The largest absolute Gasteiger partial charge is 0.495 e. The second-order valence-electron chi connectivity index (χ2n) is 6.14. The van der Waals surface area contributed by atoms with E-state index in [9.17, 15) is 13.2 Å². The lowest BCUT2D eigenvalue weighted by Crippen LogP contribution is -2.36. The Labute approximate surface area is 142 Å². The van der Waals surface area contributed by atoms with E-state index in [1.165, 1.54) is 17.5 Å². The maximum absolute atomic E-state index is 12.8. The van der Waals surface area contributed by atoms with Crippen molar-refractivity contribution in [2.75, 3.05) is 33.3 Å². The van der Waals surface area contributed by atoms with Crippen LogP contribution in [0.3, 0.4) is 0 Å². The maximum Gasteiger partial charge on any atom is 0.251 e. The van der Waals surface area contributed by atoms with Crippen LogP contribution >= 0.6 is 0 Å². The Morgan fingerprint density at radius 1 is 1.33 bits per heavy atom. The summed E-state index contributed by atoms with van der Waals surface area (Å²) >= 11 is 0. The minimum absolute atomic E-state index is 0.0593. The molecule has 132 valence electrons. The average Bonchev–Trinajstić information content (AvgIpc) is 3.28. The van der Waals surface area contributed by atoms with E-state index in [0.29, 0.717) is 18.7 Å². The molecule has 2 aliphatic rings. The highest BCUT2D eigenvalue weighted by Gasteiger charge is 2.31. The lowest BCUT2D eigenvalue weighted by Gasteiger charge is -2.18. The van der Waals surface area contributed by atoms with Gasteiger partial charge in [-0.05, 0) is 44.0 Å². The van der Waals surface area contributed by atoms with E-state index in [2.05, 4.69) is 10.6 Å². The van der Waals surface area contributed by atoms with Crippen molar-refractivity contribution in [2.24, 2.45) is 0 Å². The molecule has 24 heavy (non-hydrogen) atoms. The van der Waals surface area contributed by atoms with Crippen molar-refractivity contribution in [1.82, 2.24) is 14.9 Å². The van der Waals surface area contributed by atoms with Crippen LogP contribution in [0.1, 0.15) is 29.6 Å². The van der Waals surface area contributed by atoms with Gasteiger partial charge in [0.1, 0.15) is 10.6 Å². The molecule has 1 aromatic rings. The number of rotatable bonds is 5. The first-order valence-electron chi connectivity index (χ1n) is 8.22. The average molecular weight is 353 g/mol. The number of carbonyl (C=O) groups excluding carboxylic acids is 1. The molecule has 0 bridgehead atoms. The van der Waals surface area contributed by atoms with Crippen molar-refractivity contribution in [2.45, 2.75) is 30.2 Å². The lowest BCUT2D eigenvalue weighted by atomic mass is 10.2. The van der Waals surface area contributed by atoms with Crippen LogP contribution in [-0.4, -0.2) is 58.0 Å². The van der Waals surface area contributed by atoms with Gasteiger partial charge in [0.25, 0.3) is 5.91 Å². The summed E-state index contributed by atoms with van der Waals surface area (Å²) in [7, 11) is -2.22. The molecule has 2 saturated heterocycles. The topological polar surface area (TPSA) is 87.7 Å². The zero-order chi connectivity index (χ0) is 17.2. The zero-order valence-corrected chi connectivity index (χ0v) is 14.6. The van der Waals surface area contributed by atoms with Gasteiger partial charge < -0.3 is 15.4 Å². The molecule has 1 aromatic carbocycles. The van der Waals surface area contributed by atoms with Crippen LogP contribution in [0.5, 0.6) is 5.75 Å². The third-order valence-corrected chi connectivity index (χ3v) is 6.42. The van der Waals surface area contributed by atoms with E-state index in [-0.39, 0.29) is 22.6 Å². The van der Waals surface area contributed by atoms with E-state index in [0.717, 1.165) is 32.4 Å². The van der Waals surface area contributed by atoms with E-state index in [1.54, 1.807) is 12.1 Å². The van der Waals surface area contributed by atoms with E-state index in [4.69, 9.17) is 4.74 Å². The van der Waals surface area contributed by atoms with Gasteiger partial charge >= 0.3 is 0 Å². The SMILES string of the molecule is COc1ccc(C(=O)NC2CCNC2)cc1S(=O)(=O)N1CCCC1. The second-order valence-corrected chi connectivity index (χ2v) is 8.05. The number of nitrogens with one attached hydrogen (secondary N) is 2. The number of ether oxygens (including phenoxy) is 1. The molecule has 1 atom stereocenters. The van der Waals surface area contributed by atoms with Crippen molar-refractivity contribution in [3.63, 3.8) is 0 Å². The molecule has 3 rings (SSSR count). The fourth-order valence-electron chi connectivity index (χ4n) is 3.13. The van der Waals surface area contributed by atoms with Crippen LogP contribution in [0.25, 0.3) is 0 Å². The van der Waals surface area contributed by atoms with E-state index < -0.39 is 10.0 Å². The number of benzene rings is 1. The molecule has 0 aromatic heterocycles. The number of methoxy groups -OCH3 is 1. The van der Waals surface area contributed by atoms with Gasteiger partial charge in [0.2, 0.25) is 10.0 Å². The van der Waals surface area contributed by atoms with Crippen LogP contribution < -0.4 is 15.4 Å². The fourth-order valence-corrected chi connectivity index (χ4v) is 4.83. The molecule has 2 aliphatic heterocycles. The van der Waals surface area contributed by atoms with Crippen LogP contribution in [0.4, 0.5) is 0 Å². The summed E-state index contributed by atoms with van der Waals surface area (Å²) in [6.45, 7) is 2.63. The molecular formula is C16H23N3O4S. The van der Waals surface area contributed by atoms with Crippen LogP contribution in [-0.2, 0) is 10.0 Å². The Morgan fingerprint density at radius 3 is 2.71 bits per heavy atom. The van der Waals surface area contributed by atoms with E-state index in [1.807, 2.05) is 0 Å². The highest BCUT2D eigenvalue weighted by Crippen LogP contribution is 2.29. The minimum atomic E-state index is -3.65. The number of amides is 1. The van der Waals surface area contributed by atoms with Gasteiger partial charge in [-0.15, -0.1) is 0 Å². The molecule has 1 amide bonds. The molecule has 7 nitrogen and oxygen atoms in total. The maximum atomic E-state index is 12.8. The van der Waals surface area contributed by atoms with Crippen molar-refractivity contribution in [3.8, 4) is 5.75 Å². The van der Waals surface area contributed by atoms with Crippen LogP contribution in [0, 0.1) is 0 Å². The number of carbonyl (C=O) groups is 1. The number of nitrogens with zero attached hydrogens (tertiary/aromatic N) is 1. The highest BCUT2D eigenvalue weighted by molar-refractivity contribution is 7.89. The van der Waals surface area contributed by atoms with E-state index >= 15 is 0 Å². The quantitative estimate of drug-likeness (QED) is 0.808. The summed E-state index contributed by atoms with van der Waals surface area (Å²) in [5.41, 5.74) is 0.334. The number of sulfonamides is 1. The Kier molecular flexibility index (Phi) is 5.07. The molecule has 0 aliphatic carbocycles. The Morgan fingerprint density at radius 2 is 2.08 bits per heavy atom. The first kappa shape index (κ1) is 17.2. The lowest BCUT2D eigenvalue weighted by molar-refractivity contribution is 0.0940. The molecule has 2 N–H and O–H groups in total. The Balaban J connectivity index is 1.88. The molecule has 0 saturated carbocycles. The monoisotopic (exact) mass is 353 g/mol. The molecular weight excluding hydrogens is 330 g/mol. The summed E-state index contributed by atoms with van der Waals surface area (Å²) in [5, 5.41) is 6.11. The Hall–Kier alpha value is -1.64. The third-order valence-electron chi connectivity index (χ3n) is 4.50. The van der Waals surface area contributed by atoms with Gasteiger partial charge in [0, 0.05) is 31.2 Å². The van der Waals surface area contributed by atoms with Crippen molar-refractivity contribution in [3.05, 3.63) is 23.8 Å². The molecule has 2 heterocycles. The summed E-state index contributed by atoms with van der Waals surface area (Å²) < 4.78 is 32.3. The minimum Gasteiger partial charge on any atom is -0.495 e. The van der Waals surface area contributed by atoms with Crippen LogP contribution in [0.15, 0.2) is 23.1 Å². The molecule has 8 heteroatoms. The first-order chi connectivity index (χ1) is 11.5. The van der Waals surface area contributed by atoms with Gasteiger partial charge in [-0.2, -0.15) is 4.31 Å². The van der Waals surface area contributed by atoms with Gasteiger partial charge in [-0.25, -0.2) is 8.42 Å². The Bertz CT molecular complexity index is 708. The summed E-state index contributed by atoms with van der Waals surface area (Å²) in [4.78, 5) is 12.5. The van der Waals surface area contributed by atoms with Crippen LogP contribution in [0.2, 0.25) is 0 Å². The molecule has 0 radical (unpaired) electrons. The second kappa shape index (κ2) is 7.08. The van der Waals surface area contributed by atoms with Crippen molar-refractivity contribution < 1.29 is 17.9 Å². The summed E-state index contributed by atoms with van der Waals surface area (Å²) in [6, 6.07) is 4.65. The zero-order valence-electron chi connectivity index (χ0n) is 13.7. The van der Waals surface area contributed by atoms with Gasteiger partial charge in [0.05, 0.1) is 7.11 Å². The van der Waals surface area contributed by atoms with Gasteiger partial charge in [0.15, 0.2) is 0 Å². The van der Waals surface area contributed by atoms with Gasteiger partial charge in [-0.3, -0.25) is 4.79 Å². The number of hydrogen-bond donors (Lipinski definition) is 2.